The molecule has 0 saturated heterocycles. The van der Waals surface area contributed by atoms with E-state index in [4.69, 9.17) is 14.4 Å². The Hall–Kier alpha value is -5.83. The number of para-hydroxylation sites is 1. The number of hydrogen-bond donors (Lipinski definition) is 0. The van der Waals surface area contributed by atoms with Gasteiger partial charge in [-0.1, -0.05) is 97.1 Å². The summed E-state index contributed by atoms with van der Waals surface area (Å²) in [7, 11) is 0. The minimum atomic E-state index is 0.647. The van der Waals surface area contributed by atoms with Crippen molar-refractivity contribution >= 4 is 64.4 Å². The highest BCUT2D eigenvalue weighted by Gasteiger charge is 2.20. The number of nitriles is 1. The summed E-state index contributed by atoms with van der Waals surface area (Å²) >= 11 is 1.73. The van der Waals surface area contributed by atoms with Gasteiger partial charge in [0.1, 0.15) is 11.2 Å². The first kappa shape index (κ1) is 24.7. The average Bonchev–Trinajstić information content (AvgIpc) is 3.66. The minimum absolute atomic E-state index is 0.647. The molecule has 0 aliphatic heterocycles. The highest BCUT2D eigenvalue weighted by atomic mass is 32.1. The molecule has 6 aromatic carbocycles. The van der Waals surface area contributed by atoms with Crippen LogP contribution < -0.4 is 0 Å². The fourth-order valence-electron chi connectivity index (χ4n) is 6.23. The summed E-state index contributed by atoms with van der Waals surface area (Å²) in [4.78, 5) is 10.6. The van der Waals surface area contributed by atoms with E-state index in [-0.39, 0.29) is 0 Å². The lowest BCUT2D eigenvalue weighted by molar-refractivity contribution is 0.672. The maximum atomic E-state index is 9.38. The number of benzene rings is 6. The van der Waals surface area contributed by atoms with Crippen molar-refractivity contribution in [1.29, 1.82) is 5.26 Å². The fourth-order valence-corrected chi connectivity index (χ4v) is 7.38. The van der Waals surface area contributed by atoms with E-state index < -0.39 is 0 Å². The van der Waals surface area contributed by atoms with Crippen LogP contribution in [0.25, 0.3) is 86.8 Å². The lowest BCUT2D eigenvalue weighted by Gasteiger charge is -2.11. The Labute approximate surface area is 256 Å². The molecule has 0 N–H and O–H groups in total. The van der Waals surface area contributed by atoms with E-state index in [1.807, 2.05) is 42.5 Å². The van der Waals surface area contributed by atoms with Gasteiger partial charge < -0.3 is 4.42 Å². The third-order valence-corrected chi connectivity index (χ3v) is 9.50. The third-order valence-electron chi connectivity index (χ3n) is 8.33. The number of hydrogen-bond acceptors (Lipinski definition) is 5. The highest BCUT2D eigenvalue weighted by molar-refractivity contribution is 7.26. The van der Waals surface area contributed by atoms with Gasteiger partial charge in [-0.3, -0.25) is 0 Å². The molecule has 0 saturated carbocycles. The molecule has 0 radical (unpaired) electrons. The zero-order valence-electron chi connectivity index (χ0n) is 23.3. The van der Waals surface area contributed by atoms with E-state index in [0.717, 1.165) is 76.3 Å². The molecule has 0 bridgehead atoms. The summed E-state index contributed by atoms with van der Waals surface area (Å²) < 4.78 is 8.62. The van der Waals surface area contributed by atoms with Crippen LogP contribution in [0.15, 0.2) is 132 Å². The van der Waals surface area contributed by atoms with Crippen LogP contribution in [0.3, 0.4) is 0 Å². The number of rotatable bonds is 3. The average molecular weight is 580 g/mol. The normalized spacial score (nSPS) is 11.6. The lowest BCUT2D eigenvalue weighted by Crippen LogP contribution is -1.95. The molecule has 3 heterocycles. The van der Waals surface area contributed by atoms with Crippen molar-refractivity contribution < 1.29 is 4.42 Å². The number of furan rings is 1. The maximum Gasteiger partial charge on any atom is 0.161 e. The van der Waals surface area contributed by atoms with Gasteiger partial charge in [0.05, 0.1) is 27.5 Å². The summed E-state index contributed by atoms with van der Waals surface area (Å²) in [6.07, 6.45) is 0. The second kappa shape index (κ2) is 9.60. The molecule has 9 rings (SSSR count). The molecule has 44 heavy (non-hydrogen) atoms. The molecule has 0 atom stereocenters. The molecule has 204 valence electrons. The van der Waals surface area contributed by atoms with Crippen molar-refractivity contribution in [1.82, 2.24) is 9.97 Å². The van der Waals surface area contributed by atoms with Gasteiger partial charge in [-0.05, 0) is 46.8 Å². The van der Waals surface area contributed by atoms with E-state index in [1.165, 1.54) is 4.70 Å². The Morgan fingerprint density at radius 1 is 0.591 bits per heavy atom. The summed E-state index contributed by atoms with van der Waals surface area (Å²) in [6, 6.07) is 45.5. The Morgan fingerprint density at radius 2 is 1.32 bits per heavy atom. The molecule has 4 nitrogen and oxygen atoms in total. The first-order valence-electron chi connectivity index (χ1n) is 14.4. The van der Waals surface area contributed by atoms with Crippen LogP contribution in [0.1, 0.15) is 5.56 Å². The van der Waals surface area contributed by atoms with E-state index in [1.54, 1.807) is 11.3 Å². The Morgan fingerprint density at radius 3 is 2.16 bits per heavy atom. The van der Waals surface area contributed by atoms with Crippen molar-refractivity contribution in [3.8, 4) is 39.8 Å². The van der Waals surface area contributed by atoms with Crippen LogP contribution >= 0.6 is 11.3 Å². The van der Waals surface area contributed by atoms with E-state index >= 15 is 0 Å². The topological polar surface area (TPSA) is 62.7 Å². The molecule has 0 amide bonds. The smallest absolute Gasteiger partial charge is 0.161 e. The number of thiophene rings is 1. The van der Waals surface area contributed by atoms with E-state index in [0.29, 0.717) is 11.4 Å². The van der Waals surface area contributed by atoms with Gasteiger partial charge >= 0.3 is 0 Å². The SMILES string of the molecule is N#Cc1cccc(-c2ccc(-c3nc(-c4cc5c6ccccc6oc5c5ccccc45)nc4c3sc3ccccc34)cc2)c1. The Kier molecular flexibility index (Phi) is 5.40. The van der Waals surface area contributed by atoms with Crippen LogP contribution in [0.4, 0.5) is 0 Å². The van der Waals surface area contributed by atoms with Gasteiger partial charge in [-0.25, -0.2) is 9.97 Å². The molecule has 0 aliphatic carbocycles. The van der Waals surface area contributed by atoms with Gasteiger partial charge in [-0.15, -0.1) is 11.3 Å². The van der Waals surface area contributed by atoms with Gasteiger partial charge in [0.2, 0.25) is 0 Å². The maximum absolute atomic E-state index is 9.38. The first-order valence-corrected chi connectivity index (χ1v) is 15.2. The molecule has 0 aliphatic rings. The van der Waals surface area contributed by atoms with Crippen LogP contribution in [0, 0.1) is 11.3 Å². The van der Waals surface area contributed by atoms with Crippen LogP contribution in [-0.2, 0) is 0 Å². The van der Waals surface area contributed by atoms with Crippen molar-refractivity contribution in [3.05, 3.63) is 133 Å². The number of aromatic nitrogens is 2. The van der Waals surface area contributed by atoms with Crippen molar-refractivity contribution in [2.45, 2.75) is 0 Å². The largest absolute Gasteiger partial charge is 0.455 e. The highest BCUT2D eigenvalue weighted by Crippen LogP contribution is 2.43. The predicted molar refractivity (Wildman–Crippen MR) is 181 cm³/mol. The Bertz CT molecular complexity index is 2620. The molecule has 9 aromatic rings. The minimum Gasteiger partial charge on any atom is -0.455 e. The summed E-state index contributed by atoms with van der Waals surface area (Å²) in [5, 5.41) is 14.7. The van der Waals surface area contributed by atoms with Crippen molar-refractivity contribution in [2.24, 2.45) is 0 Å². The summed E-state index contributed by atoms with van der Waals surface area (Å²) in [6.45, 7) is 0. The molecule has 3 aromatic heterocycles. The van der Waals surface area contributed by atoms with Crippen LogP contribution in [0.2, 0.25) is 0 Å². The lowest BCUT2D eigenvalue weighted by atomic mass is 9.99. The van der Waals surface area contributed by atoms with Crippen molar-refractivity contribution in [2.75, 3.05) is 0 Å². The fraction of sp³-hybridized carbons (Fsp3) is 0. The van der Waals surface area contributed by atoms with E-state index in [2.05, 4.69) is 91.0 Å². The molecular formula is C39H21N3OS. The molecule has 5 heteroatoms. The second-order valence-corrected chi connectivity index (χ2v) is 11.9. The predicted octanol–water partition coefficient (Wildman–Crippen LogP) is 10.8. The first-order chi connectivity index (χ1) is 21.7. The Balaban J connectivity index is 1.31. The van der Waals surface area contributed by atoms with Crippen LogP contribution in [0.5, 0.6) is 0 Å². The number of nitrogens with zero attached hydrogens (tertiary/aromatic N) is 3. The van der Waals surface area contributed by atoms with Crippen LogP contribution in [-0.4, -0.2) is 9.97 Å². The second-order valence-electron chi connectivity index (χ2n) is 10.9. The molecular weight excluding hydrogens is 559 g/mol. The molecule has 0 unspecified atom stereocenters. The standard InChI is InChI=1S/C39H21N3OS/c40-22-23-8-7-9-26(20-23)24-16-18-25(19-17-24)35-38-36(30-13-4-6-15-34(30)44-38)42-39(41-35)32-21-31-28-11-3-5-14-33(28)43-37(31)29-12-2-1-10-27(29)32/h1-21H. The molecule has 0 spiro atoms. The van der Waals surface area contributed by atoms with Gasteiger partial charge in [0.25, 0.3) is 0 Å². The zero-order valence-corrected chi connectivity index (χ0v) is 24.1. The summed E-state index contributed by atoms with van der Waals surface area (Å²) in [5.74, 6) is 0.685. The van der Waals surface area contributed by atoms with Crippen molar-refractivity contribution in [3.63, 3.8) is 0 Å². The zero-order chi connectivity index (χ0) is 29.2. The van der Waals surface area contributed by atoms with Gasteiger partial charge in [0, 0.05) is 37.4 Å². The number of fused-ring (bicyclic) bond motifs is 8. The summed E-state index contributed by atoms with van der Waals surface area (Å²) in [5.41, 5.74) is 8.31. The van der Waals surface area contributed by atoms with Gasteiger partial charge in [0.15, 0.2) is 5.82 Å². The monoisotopic (exact) mass is 579 g/mol. The quantitative estimate of drug-likeness (QED) is 0.209. The van der Waals surface area contributed by atoms with Gasteiger partial charge in [-0.2, -0.15) is 5.26 Å². The molecule has 0 fully saturated rings. The van der Waals surface area contributed by atoms with E-state index in [9.17, 15) is 5.26 Å². The third kappa shape index (κ3) is 3.75.